The van der Waals surface area contributed by atoms with Crippen molar-refractivity contribution < 1.29 is 42.7 Å². The van der Waals surface area contributed by atoms with Gasteiger partial charge in [0.05, 0.1) is 19.8 Å². The third-order valence-corrected chi connectivity index (χ3v) is 12.2. The van der Waals surface area contributed by atoms with Crippen molar-refractivity contribution in [3.8, 4) is 0 Å². The number of unbranched alkanes of at least 4 members (excludes halogenated alkanes) is 26. The van der Waals surface area contributed by atoms with E-state index < -0.39 is 45.1 Å². The van der Waals surface area contributed by atoms with Gasteiger partial charge in [0.15, 0.2) is 0 Å². The van der Waals surface area contributed by atoms with E-state index in [-0.39, 0.29) is 13.0 Å². The smallest absolute Gasteiger partial charge is 0.472 e. The molecule has 3 atom stereocenters. The van der Waals surface area contributed by atoms with Crippen LogP contribution in [0.15, 0.2) is 60.8 Å². The number of carbonyl (C=O) groups is 2. The van der Waals surface area contributed by atoms with Crippen LogP contribution in [0, 0.1) is 0 Å². The van der Waals surface area contributed by atoms with Crippen LogP contribution in [-0.2, 0) is 32.7 Å². The maximum Gasteiger partial charge on any atom is 0.472 e. The van der Waals surface area contributed by atoms with Gasteiger partial charge in [0, 0.05) is 13.0 Å². The molecule has 10 nitrogen and oxygen atoms in total. The minimum absolute atomic E-state index is 0.0103. The number of ether oxygens (including phenoxy) is 2. The van der Waals surface area contributed by atoms with Gasteiger partial charge >= 0.3 is 19.8 Å². The Labute approximate surface area is 398 Å². The monoisotopic (exact) mass is 936 g/mol. The number of allylic oxidation sites excluding steroid dienone is 10. The molecule has 0 saturated heterocycles. The zero-order valence-electron chi connectivity index (χ0n) is 41.6. The number of carboxylic acids is 1. The van der Waals surface area contributed by atoms with E-state index in [2.05, 4.69) is 74.6 Å². The molecule has 0 amide bonds. The van der Waals surface area contributed by atoms with E-state index in [4.69, 9.17) is 29.4 Å². The average Bonchev–Trinajstić information content (AvgIpc) is 3.29. The van der Waals surface area contributed by atoms with E-state index in [0.717, 1.165) is 64.2 Å². The molecule has 0 aromatic heterocycles. The number of carbonyl (C=O) groups excluding carboxylic acids is 1. The maximum atomic E-state index is 12.7. The fourth-order valence-corrected chi connectivity index (χ4v) is 7.95. The topological polar surface area (TPSA) is 155 Å². The van der Waals surface area contributed by atoms with Gasteiger partial charge in [0.25, 0.3) is 0 Å². The highest BCUT2D eigenvalue weighted by molar-refractivity contribution is 7.47. The molecule has 0 aromatic carbocycles. The lowest BCUT2D eigenvalue weighted by molar-refractivity contribution is -0.154. The van der Waals surface area contributed by atoms with Crippen LogP contribution < -0.4 is 5.73 Å². The number of aliphatic carboxylic acids is 1. The summed E-state index contributed by atoms with van der Waals surface area (Å²) in [5.74, 6) is -1.78. The van der Waals surface area contributed by atoms with Crippen molar-refractivity contribution in [1.82, 2.24) is 0 Å². The molecule has 378 valence electrons. The summed E-state index contributed by atoms with van der Waals surface area (Å²) in [5, 5.41) is 8.94. The third-order valence-electron chi connectivity index (χ3n) is 11.3. The van der Waals surface area contributed by atoms with Crippen LogP contribution in [-0.4, -0.2) is 60.5 Å². The Hall–Kier alpha value is -2.33. The lowest BCUT2D eigenvalue weighted by Gasteiger charge is -2.20. The normalized spacial score (nSPS) is 14.2. The van der Waals surface area contributed by atoms with Crippen molar-refractivity contribution in [2.24, 2.45) is 5.73 Å². The molecule has 0 bridgehead atoms. The van der Waals surface area contributed by atoms with Gasteiger partial charge in [0.2, 0.25) is 0 Å². The van der Waals surface area contributed by atoms with Gasteiger partial charge in [-0.25, -0.2) is 4.57 Å². The zero-order valence-corrected chi connectivity index (χ0v) is 42.5. The molecule has 0 aromatic rings. The quantitative estimate of drug-likeness (QED) is 0.0232. The summed E-state index contributed by atoms with van der Waals surface area (Å²) in [6.07, 6.45) is 61.3. The number of hydrogen-bond acceptors (Lipinski definition) is 8. The van der Waals surface area contributed by atoms with Gasteiger partial charge in [-0.1, -0.05) is 203 Å². The number of rotatable bonds is 50. The lowest BCUT2D eigenvalue weighted by atomic mass is 10.1. The number of phosphoric acid groups is 1. The number of phosphoric ester groups is 1. The van der Waals surface area contributed by atoms with Crippen LogP contribution in [0.3, 0.4) is 0 Å². The second kappa shape index (κ2) is 49.6. The highest BCUT2D eigenvalue weighted by Gasteiger charge is 2.27. The van der Waals surface area contributed by atoms with Crippen molar-refractivity contribution >= 4 is 19.8 Å². The van der Waals surface area contributed by atoms with E-state index in [0.29, 0.717) is 13.0 Å². The van der Waals surface area contributed by atoms with Crippen LogP contribution in [0.1, 0.15) is 232 Å². The number of esters is 1. The molecule has 65 heavy (non-hydrogen) atoms. The molecule has 0 spiro atoms. The first-order valence-electron chi connectivity index (χ1n) is 26.3. The van der Waals surface area contributed by atoms with Crippen molar-refractivity contribution in [3.63, 3.8) is 0 Å². The highest BCUT2D eigenvalue weighted by Crippen LogP contribution is 2.43. The Morgan fingerprint density at radius 2 is 0.846 bits per heavy atom. The van der Waals surface area contributed by atoms with Crippen LogP contribution in [0.25, 0.3) is 0 Å². The van der Waals surface area contributed by atoms with E-state index in [1.807, 2.05) is 0 Å². The number of nitrogens with two attached hydrogens (primary N) is 1. The number of hydrogen-bond donors (Lipinski definition) is 3. The van der Waals surface area contributed by atoms with Gasteiger partial charge in [0.1, 0.15) is 12.1 Å². The molecule has 0 radical (unpaired) electrons. The van der Waals surface area contributed by atoms with Gasteiger partial charge in [-0.15, -0.1) is 0 Å². The molecule has 0 aliphatic heterocycles. The second-order valence-corrected chi connectivity index (χ2v) is 19.1. The first kappa shape index (κ1) is 62.7. The Balaban J connectivity index is 4.16. The summed E-state index contributed by atoms with van der Waals surface area (Å²) in [5.41, 5.74) is 5.38. The molecule has 11 heteroatoms. The molecule has 3 unspecified atom stereocenters. The van der Waals surface area contributed by atoms with Gasteiger partial charge in [-0.2, -0.15) is 0 Å². The van der Waals surface area contributed by atoms with E-state index in [9.17, 15) is 19.0 Å². The van der Waals surface area contributed by atoms with E-state index >= 15 is 0 Å². The minimum Gasteiger partial charge on any atom is -0.480 e. The van der Waals surface area contributed by atoms with Gasteiger partial charge < -0.3 is 25.2 Å². The van der Waals surface area contributed by atoms with Crippen LogP contribution >= 0.6 is 7.82 Å². The van der Waals surface area contributed by atoms with Crippen molar-refractivity contribution in [1.29, 1.82) is 0 Å². The zero-order chi connectivity index (χ0) is 47.6. The molecule has 0 aliphatic carbocycles. The summed E-state index contributed by atoms with van der Waals surface area (Å²) in [6, 6.07) is -1.48. The fraction of sp³-hybridized carbons (Fsp3) is 0.778. The van der Waals surface area contributed by atoms with E-state index in [1.165, 1.54) is 141 Å². The van der Waals surface area contributed by atoms with Gasteiger partial charge in [-0.3, -0.25) is 18.6 Å². The lowest BCUT2D eigenvalue weighted by Crippen LogP contribution is -2.34. The summed E-state index contributed by atoms with van der Waals surface area (Å²) < 4.78 is 33.5. The molecule has 0 rings (SSSR count). The Kier molecular flexibility index (Phi) is 47.8. The number of carboxylic acid groups (broad SMARTS) is 1. The fourth-order valence-electron chi connectivity index (χ4n) is 7.17. The molecule has 0 heterocycles. The standard InChI is InChI=1S/C54H98NO9P/c1-3-5-7-9-11-13-15-17-19-21-23-25-26-27-28-30-32-34-36-38-40-42-44-46-53(56)64-51(49-62-65(59,60)63-50-52(55)54(57)58)48-61-47-45-43-41-39-37-35-33-31-29-24-22-20-18-16-14-12-10-8-6-4-2/h12,14-15,17-18,20-21,23,26-27,51-52H,3-11,13,16,19,22,24-25,28-50,55H2,1-2H3,(H,57,58)(H,59,60)/b14-12-,17-15-,20-18-,23-21-,27-26-. The third kappa shape index (κ3) is 49.4. The average molecular weight is 936 g/mol. The van der Waals surface area contributed by atoms with Crippen LogP contribution in [0.5, 0.6) is 0 Å². The van der Waals surface area contributed by atoms with Gasteiger partial charge in [-0.05, 0) is 83.5 Å². The summed E-state index contributed by atoms with van der Waals surface area (Å²) >= 11 is 0. The molecule has 0 saturated carbocycles. The minimum atomic E-state index is -4.63. The van der Waals surface area contributed by atoms with Crippen molar-refractivity contribution in [2.45, 2.75) is 244 Å². The molecular weight excluding hydrogens is 838 g/mol. The maximum absolute atomic E-state index is 12.7. The largest absolute Gasteiger partial charge is 0.480 e. The summed E-state index contributed by atoms with van der Waals surface area (Å²) in [7, 11) is -4.63. The van der Waals surface area contributed by atoms with Crippen molar-refractivity contribution in [2.75, 3.05) is 26.4 Å². The van der Waals surface area contributed by atoms with Crippen molar-refractivity contribution in [3.05, 3.63) is 60.8 Å². The Morgan fingerprint density at radius 3 is 1.29 bits per heavy atom. The first-order valence-corrected chi connectivity index (χ1v) is 27.8. The molecule has 0 fully saturated rings. The van der Waals surface area contributed by atoms with Crippen LogP contribution in [0.4, 0.5) is 0 Å². The molecular formula is C54H98NO9P. The first-order chi connectivity index (χ1) is 31.7. The molecule has 4 N–H and O–H groups in total. The highest BCUT2D eigenvalue weighted by atomic mass is 31.2. The Morgan fingerprint density at radius 1 is 0.492 bits per heavy atom. The van der Waals surface area contributed by atoms with E-state index in [1.54, 1.807) is 0 Å². The van der Waals surface area contributed by atoms with Crippen LogP contribution in [0.2, 0.25) is 0 Å². The predicted molar refractivity (Wildman–Crippen MR) is 272 cm³/mol. The Bertz CT molecular complexity index is 1270. The SMILES string of the molecule is CCCCC/C=C\C/C=C\CCCCCCCCCCCCOCC(COP(=O)(O)OCC(N)C(=O)O)OC(=O)CCCCCCCCCC/C=C\C/C=C\C/C=C\CCCCCCC. The summed E-state index contributed by atoms with van der Waals surface area (Å²) in [6.45, 7) is 3.85. The molecule has 0 aliphatic rings. The predicted octanol–water partition coefficient (Wildman–Crippen LogP) is 15.5. The summed E-state index contributed by atoms with van der Waals surface area (Å²) in [4.78, 5) is 33.7. The second-order valence-electron chi connectivity index (χ2n) is 17.6.